The van der Waals surface area contributed by atoms with Gasteiger partial charge < -0.3 is 9.47 Å². The first-order valence-corrected chi connectivity index (χ1v) is 10.1. The van der Waals surface area contributed by atoms with Crippen LogP contribution in [-0.2, 0) is 25.5 Å². The minimum absolute atomic E-state index is 0.180. The van der Waals surface area contributed by atoms with Crippen LogP contribution in [0, 0.1) is 0 Å². The highest BCUT2D eigenvalue weighted by molar-refractivity contribution is 5.93. The predicted octanol–water partition coefficient (Wildman–Crippen LogP) is 4.76. The Morgan fingerprint density at radius 2 is 1.44 bits per heavy atom. The SMILES string of the molecule is COC(=O)/C=C/c1ccnc2ccccc12.COC(=O)CCc1ccnc2ccccc12. The van der Waals surface area contributed by atoms with Crippen LogP contribution in [-0.4, -0.2) is 36.1 Å². The van der Waals surface area contributed by atoms with Crippen molar-refractivity contribution in [2.75, 3.05) is 14.2 Å². The zero-order valence-electron chi connectivity index (χ0n) is 18.0. The number of aryl methyl sites for hydroxylation is 1. The summed E-state index contributed by atoms with van der Waals surface area (Å²) < 4.78 is 9.17. The number of fused-ring (bicyclic) bond motifs is 2. The molecule has 0 radical (unpaired) electrons. The van der Waals surface area contributed by atoms with Gasteiger partial charge in [-0.1, -0.05) is 36.4 Å². The fourth-order valence-electron chi connectivity index (χ4n) is 3.20. The van der Waals surface area contributed by atoms with Crippen LogP contribution in [0.4, 0.5) is 0 Å². The number of nitrogens with zero attached hydrogens (tertiary/aromatic N) is 2. The number of pyridine rings is 2. The van der Waals surface area contributed by atoms with E-state index in [0.29, 0.717) is 12.8 Å². The number of benzene rings is 2. The summed E-state index contributed by atoms with van der Waals surface area (Å²) in [5.74, 6) is -0.540. The lowest BCUT2D eigenvalue weighted by atomic mass is 10.1. The summed E-state index contributed by atoms with van der Waals surface area (Å²) in [5, 5.41) is 2.12. The predicted molar refractivity (Wildman–Crippen MR) is 125 cm³/mol. The first-order valence-electron chi connectivity index (χ1n) is 10.1. The summed E-state index contributed by atoms with van der Waals surface area (Å²) in [6, 6.07) is 19.5. The van der Waals surface area contributed by atoms with Gasteiger partial charge in [-0.2, -0.15) is 0 Å². The molecule has 0 aliphatic heterocycles. The summed E-state index contributed by atoms with van der Waals surface area (Å²) >= 11 is 0. The third-order valence-corrected chi connectivity index (χ3v) is 4.85. The molecule has 4 aromatic rings. The molecule has 0 N–H and O–H groups in total. The highest BCUT2D eigenvalue weighted by atomic mass is 16.5. The third-order valence-electron chi connectivity index (χ3n) is 4.85. The Hall–Kier alpha value is -4.06. The third kappa shape index (κ3) is 5.98. The number of hydrogen-bond acceptors (Lipinski definition) is 6. The molecule has 2 aromatic carbocycles. The van der Waals surface area contributed by atoms with Gasteiger partial charge in [-0.15, -0.1) is 0 Å². The van der Waals surface area contributed by atoms with Crippen LogP contribution in [0.3, 0.4) is 0 Å². The van der Waals surface area contributed by atoms with Crippen LogP contribution in [0.5, 0.6) is 0 Å². The maximum absolute atomic E-state index is 11.1. The van der Waals surface area contributed by atoms with Gasteiger partial charge in [0.25, 0.3) is 0 Å². The molecule has 0 fully saturated rings. The highest BCUT2D eigenvalue weighted by Gasteiger charge is 2.05. The molecule has 0 atom stereocenters. The van der Waals surface area contributed by atoms with Gasteiger partial charge in [0.05, 0.1) is 25.3 Å². The normalized spacial score (nSPS) is 10.6. The van der Waals surface area contributed by atoms with E-state index in [1.54, 1.807) is 18.5 Å². The minimum Gasteiger partial charge on any atom is -0.469 e. The molecule has 2 heterocycles. The number of methoxy groups -OCH3 is 2. The van der Waals surface area contributed by atoms with Crippen molar-refractivity contribution in [1.29, 1.82) is 0 Å². The molecule has 0 aliphatic carbocycles. The van der Waals surface area contributed by atoms with E-state index in [9.17, 15) is 9.59 Å². The Morgan fingerprint density at radius 3 is 2.12 bits per heavy atom. The first-order chi connectivity index (χ1) is 15.6. The number of hydrogen-bond donors (Lipinski definition) is 0. The maximum Gasteiger partial charge on any atom is 0.330 e. The van der Waals surface area contributed by atoms with E-state index in [1.165, 1.54) is 20.3 Å². The fourth-order valence-corrected chi connectivity index (χ4v) is 3.20. The van der Waals surface area contributed by atoms with E-state index in [0.717, 1.165) is 32.9 Å². The molecule has 0 saturated carbocycles. The fraction of sp³-hybridized carbons (Fsp3) is 0.154. The molecule has 2 aromatic heterocycles. The second kappa shape index (κ2) is 11.4. The molecule has 0 aliphatic rings. The molecule has 0 unspecified atom stereocenters. The van der Waals surface area contributed by atoms with E-state index >= 15 is 0 Å². The Labute approximate surface area is 186 Å². The van der Waals surface area contributed by atoms with E-state index in [-0.39, 0.29) is 11.9 Å². The molecule has 162 valence electrons. The largest absolute Gasteiger partial charge is 0.469 e. The Bertz CT molecular complexity index is 1240. The van der Waals surface area contributed by atoms with Crippen molar-refractivity contribution in [2.24, 2.45) is 0 Å². The van der Waals surface area contributed by atoms with Gasteiger partial charge in [-0.3, -0.25) is 14.8 Å². The molecule has 0 spiro atoms. The van der Waals surface area contributed by atoms with E-state index in [4.69, 9.17) is 0 Å². The molecule has 6 nitrogen and oxygen atoms in total. The number of carbonyl (C=O) groups excluding carboxylic acids is 2. The van der Waals surface area contributed by atoms with Crippen molar-refractivity contribution in [3.05, 3.63) is 90.3 Å². The van der Waals surface area contributed by atoms with Gasteiger partial charge in [0.1, 0.15) is 0 Å². The summed E-state index contributed by atoms with van der Waals surface area (Å²) in [7, 11) is 2.77. The molecule has 0 amide bonds. The topological polar surface area (TPSA) is 78.4 Å². The van der Waals surface area contributed by atoms with Crippen LogP contribution >= 0.6 is 0 Å². The van der Waals surface area contributed by atoms with Crippen LogP contribution in [0.15, 0.2) is 79.1 Å². The van der Waals surface area contributed by atoms with E-state index in [1.807, 2.05) is 60.7 Å². The highest BCUT2D eigenvalue weighted by Crippen LogP contribution is 2.18. The lowest BCUT2D eigenvalue weighted by Gasteiger charge is -2.04. The van der Waals surface area contributed by atoms with Crippen molar-refractivity contribution in [3.63, 3.8) is 0 Å². The minimum atomic E-state index is -0.360. The van der Waals surface area contributed by atoms with Gasteiger partial charge in [0.2, 0.25) is 0 Å². The Kier molecular flexibility index (Phi) is 8.03. The molecule has 0 bridgehead atoms. The van der Waals surface area contributed by atoms with E-state index in [2.05, 4.69) is 19.4 Å². The summed E-state index contributed by atoms with van der Waals surface area (Å²) in [5.41, 5.74) is 3.96. The van der Waals surface area contributed by atoms with Crippen molar-refractivity contribution in [2.45, 2.75) is 12.8 Å². The average Bonchev–Trinajstić information content (AvgIpc) is 2.86. The standard InChI is InChI=1S/C13H13NO2.C13H11NO2/c2*1-16-13(15)7-6-10-8-9-14-12-5-3-2-4-11(10)12/h2-5,8-9H,6-7H2,1H3;2-9H,1H3/b;7-6+. The van der Waals surface area contributed by atoms with Crippen molar-refractivity contribution < 1.29 is 19.1 Å². The quantitative estimate of drug-likeness (QED) is 0.337. The van der Waals surface area contributed by atoms with Crippen LogP contribution in [0.1, 0.15) is 17.5 Å². The number of para-hydroxylation sites is 2. The smallest absolute Gasteiger partial charge is 0.330 e. The molecule has 4 rings (SSSR count). The molecular weight excluding hydrogens is 404 g/mol. The monoisotopic (exact) mass is 428 g/mol. The first kappa shape index (κ1) is 22.6. The summed E-state index contributed by atoms with van der Waals surface area (Å²) in [4.78, 5) is 30.6. The summed E-state index contributed by atoms with van der Waals surface area (Å²) in [6.07, 6.45) is 7.73. The lowest BCUT2D eigenvalue weighted by molar-refractivity contribution is -0.140. The Balaban J connectivity index is 0.000000181. The van der Waals surface area contributed by atoms with Crippen LogP contribution < -0.4 is 0 Å². The number of aromatic nitrogens is 2. The Morgan fingerprint density at radius 1 is 0.812 bits per heavy atom. The maximum atomic E-state index is 11.1. The van der Waals surface area contributed by atoms with E-state index < -0.39 is 0 Å². The molecule has 32 heavy (non-hydrogen) atoms. The van der Waals surface area contributed by atoms with Gasteiger partial charge in [-0.05, 0) is 47.9 Å². The van der Waals surface area contributed by atoms with Gasteiger partial charge >= 0.3 is 11.9 Å². The van der Waals surface area contributed by atoms with Crippen LogP contribution in [0.2, 0.25) is 0 Å². The molecule has 0 saturated heterocycles. The zero-order chi connectivity index (χ0) is 22.8. The molecular formula is C26H24N2O4. The number of carbonyl (C=O) groups is 2. The van der Waals surface area contributed by atoms with Crippen molar-refractivity contribution in [1.82, 2.24) is 9.97 Å². The summed E-state index contributed by atoms with van der Waals surface area (Å²) in [6.45, 7) is 0. The second-order valence-electron chi connectivity index (χ2n) is 6.84. The van der Waals surface area contributed by atoms with Gasteiger partial charge in [0, 0.05) is 35.7 Å². The lowest BCUT2D eigenvalue weighted by Crippen LogP contribution is -2.02. The second-order valence-corrected chi connectivity index (χ2v) is 6.84. The number of ether oxygens (including phenoxy) is 2. The van der Waals surface area contributed by atoms with Crippen LogP contribution in [0.25, 0.3) is 27.9 Å². The number of esters is 2. The van der Waals surface area contributed by atoms with Crippen molar-refractivity contribution in [3.8, 4) is 0 Å². The van der Waals surface area contributed by atoms with Gasteiger partial charge in [-0.25, -0.2) is 4.79 Å². The average molecular weight is 428 g/mol. The zero-order valence-corrected chi connectivity index (χ0v) is 18.0. The van der Waals surface area contributed by atoms with Gasteiger partial charge in [0.15, 0.2) is 0 Å². The van der Waals surface area contributed by atoms with Crippen molar-refractivity contribution >= 4 is 39.8 Å². The number of rotatable bonds is 5. The molecule has 6 heteroatoms.